The highest BCUT2D eigenvalue weighted by molar-refractivity contribution is 6.18. The molecule has 2 aromatic carbocycles. The maximum Gasteiger partial charge on any atom is 0.248 e. The molecule has 2 heterocycles. The number of fused-ring (bicyclic) bond motifs is 1. The van der Waals surface area contributed by atoms with E-state index in [0.29, 0.717) is 12.1 Å². The molecule has 116 valence electrons. The Labute approximate surface area is 139 Å². The number of nitrogens with two attached hydrogens (primary N) is 1. The molecule has 0 spiro atoms. The number of aliphatic imine (C=N–C) groups is 1. The van der Waals surface area contributed by atoms with Crippen molar-refractivity contribution in [2.24, 2.45) is 10.7 Å². The van der Waals surface area contributed by atoms with E-state index in [9.17, 15) is 4.79 Å². The van der Waals surface area contributed by atoms with Gasteiger partial charge in [0.1, 0.15) is 0 Å². The standard InChI is InChI=1S/C20H15N3O/c21-20(24)15-8-4-7-14(11-15)16-9-10-22-17-12-23-19(18(16)17)13-5-2-1-3-6-13/h1-11H,12H2,(H2,21,24). The fourth-order valence-corrected chi connectivity index (χ4v) is 3.03. The Bertz CT molecular complexity index is 962. The number of nitrogens with zero attached hydrogens (tertiary/aromatic N) is 2. The van der Waals surface area contributed by atoms with E-state index in [1.54, 1.807) is 12.3 Å². The average molecular weight is 313 g/mol. The summed E-state index contributed by atoms with van der Waals surface area (Å²) in [6.45, 7) is 0.572. The summed E-state index contributed by atoms with van der Waals surface area (Å²) in [6, 6.07) is 19.4. The molecule has 1 amide bonds. The van der Waals surface area contributed by atoms with Crippen LogP contribution in [0.15, 0.2) is 71.9 Å². The molecule has 24 heavy (non-hydrogen) atoms. The first kappa shape index (κ1) is 14.3. The van der Waals surface area contributed by atoms with Crippen LogP contribution < -0.4 is 5.73 Å². The molecule has 2 N–H and O–H groups in total. The van der Waals surface area contributed by atoms with E-state index in [0.717, 1.165) is 33.7 Å². The van der Waals surface area contributed by atoms with Crippen LogP contribution in [0.5, 0.6) is 0 Å². The number of hydrogen-bond donors (Lipinski definition) is 1. The van der Waals surface area contributed by atoms with Gasteiger partial charge in [-0.1, -0.05) is 42.5 Å². The topological polar surface area (TPSA) is 68.3 Å². The Hall–Kier alpha value is -3.27. The van der Waals surface area contributed by atoms with E-state index in [-0.39, 0.29) is 0 Å². The molecule has 0 unspecified atom stereocenters. The minimum Gasteiger partial charge on any atom is -0.366 e. The van der Waals surface area contributed by atoms with Crippen LogP contribution in [0.4, 0.5) is 0 Å². The highest BCUT2D eigenvalue weighted by atomic mass is 16.1. The predicted molar refractivity (Wildman–Crippen MR) is 94.0 cm³/mol. The molecule has 1 aromatic heterocycles. The molecule has 1 aliphatic heterocycles. The number of primary amides is 1. The fraction of sp³-hybridized carbons (Fsp3) is 0.0500. The summed E-state index contributed by atoms with van der Waals surface area (Å²) < 4.78 is 0. The van der Waals surface area contributed by atoms with Crippen molar-refractivity contribution in [1.82, 2.24) is 4.98 Å². The summed E-state index contributed by atoms with van der Waals surface area (Å²) in [6.07, 6.45) is 1.79. The van der Waals surface area contributed by atoms with Crippen LogP contribution in [0.25, 0.3) is 11.1 Å². The van der Waals surface area contributed by atoms with Gasteiger partial charge < -0.3 is 5.73 Å². The first-order valence-electron chi connectivity index (χ1n) is 7.72. The van der Waals surface area contributed by atoms with E-state index in [4.69, 9.17) is 5.73 Å². The fourth-order valence-electron chi connectivity index (χ4n) is 3.03. The summed E-state index contributed by atoms with van der Waals surface area (Å²) in [5.41, 5.74) is 11.9. The quantitative estimate of drug-likeness (QED) is 0.807. The van der Waals surface area contributed by atoms with Crippen LogP contribution in [-0.4, -0.2) is 16.6 Å². The molecule has 0 radical (unpaired) electrons. The molecular weight excluding hydrogens is 298 g/mol. The van der Waals surface area contributed by atoms with Gasteiger partial charge in [-0.05, 0) is 29.3 Å². The van der Waals surface area contributed by atoms with Crippen LogP contribution in [0.3, 0.4) is 0 Å². The lowest BCUT2D eigenvalue weighted by molar-refractivity contribution is 0.100. The second-order valence-corrected chi connectivity index (χ2v) is 5.66. The average Bonchev–Trinajstić information content (AvgIpc) is 3.07. The zero-order valence-electron chi connectivity index (χ0n) is 12.9. The lowest BCUT2D eigenvalue weighted by Crippen LogP contribution is -2.11. The summed E-state index contributed by atoms with van der Waals surface area (Å²) in [7, 11) is 0. The van der Waals surface area contributed by atoms with Crippen molar-refractivity contribution < 1.29 is 4.79 Å². The number of hydrogen-bond acceptors (Lipinski definition) is 3. The van der Waals surface area contributed by atoms with Crippen LogP contribution in [0.1, 0.15) is 27.2 Å². The van der Waals surface area contributed by atoms with Gasteiger partial charge in [-0.25, -0.2) is 0 Å². The molecule has 4 heteroatoms. The molecule has 4 nitrogen and oxygen atoms in total. The van der Waals surface area contributed by atoms with Gasteiger partial charge in [0.25, 0.3) is 0 Å². The summed E-state index contributed by atoms with van der Waals surface area (Å²) in [5, 5.41) is 0. The Kier molecular flexibility index (Phi) is 3.43. The highest BCUT2D eigenvalue weighted by Gasteiger charge is 2.22. The zero-order chi connectivity index (χ0) is 16.5. The second-order valence-electron chi connectivity index (χ2n) is 5.66. The van der Waals surface area contributed by atoms with E-state index in [2.05, 4.69) is 9.98 Å². The minimum atomic E-state index is -0.431. The van der Waals surface area contributed by atoms with Gasteiger partial charge in [0.15, 0.2) is 0 Å². The maximum atomic E-state index is 11.5. The number of benzene rings is 2. The molecule has 0 bridgehead atoms. The normalized spacial score (nSPS) is 12.6. The first-order valence-corrected chi connectivity index (χ1v) is 7.72. The minimum absolute atomic E-state index is 0.431. The largest absolute Gasteiger partial charge is 0.366 e. The van der Waals surface area contributed by atoms with E-state index in [1.165, 1.54) is 0 Å². The summed E-state index contributed by atoms with van der Waals surface area (Å²) >= 11 is 0. The molecule has 0 saturated heterocycles. The second kappa shape index (κ2) is 5.74. The molecule has 0 fully saturated rings. The Balaban J connectivity index is 1.89. The molecule has 0 aliphatic carbocycles. The molecule has 4 rings (SSSR count). The zero-order valence-corrected chi connectivity index (χ0v) is 12.9. The number of amides is 1. The van der Waals surface area contributed by atoms with E-state index >= 15 is 0 Å². The lowest BCUT2D eigenvalue weighted by atomic mass is 9.93. The number of rotatable bonds is 3. The maximum absolute atomic E-state index is 11.5. The van der Waals surface area contributed by atoms with Crippen molar-refractivity contribution in [3.8, 4) is 11.1 Å². The van der Waals surface area contributed by atoms with Crippen LogP contribution in [0, 0.1) is 0 Å². The number of carbonyl (C=O) groups is 1. The smallest absolute Gasteiger partial charge is 0.248 e. The van der Waals surface area contributed by atoms with Gasteiger partial charge in [-0.15, -0.1) is 0 Å². The van der Waals surface area contributed by atoms with Crippen molar-refractivity contribution in [3.63, 3.8) is 0 Å². The van der Waals surface area contributed by atoms with Gasteiger partial charge in [-0.3, -0.25) is 14.8 Å². The van der Waals surface area contributed by atoms with Gasteiger partial charge in [0.05, 0.1) is 18.0 Å². The van der Waals surface area contributed by atoms with Crippen molar-refractivity contribution in [3.05, 3.63) is 89.2 Å². The van der Waals surface area contributed by atoms with Crippen LogP contribution in [-0.2, 0) is 6.54 Å². The third-order valence-corrected chi connectivity index (χ3v) is 4.16. The molecular formula is C20H15N3O. The van der Waals surface area contributed by atoms with Crippen molar-refractivity contribution in [2.75, 3.05) is 0 Å². The molecule has 3 aromatic rings. The number of aromatic nitrogens is 1. The monoisotopic (exact) mass is 313 g/mol. The highest BCUT2D eigenvalue weighted by Crippen LogP contribution is 2.32. The Morgan fingerprint density at radius 1 is 0.958 bits per heavy atom. The Morgan fingerprint density at radius 3 is 2.54 bits per heavy atom. The van der Waals surface area contributed by atoms with Crippen molar-refractivity contribution in [1.29, 1.82) is 0 Å². The Morgan fingerprint density at radius 2 is 1.75 bits per heavy atom. The molecule has 1 aliphatic rings. The summed E-state index contributed by atoms with van der Waals surface area (Å²) in [5.74, 6) is -0.431. The van der Waals surface area contributed by atoms with Gasteiger partial charge in [-0.2, -0.15) is 0 Å². The SMILES string of the molecule is NC(=O)c1cccc(-c2ccnc3c2C(c2ccccc2)=NC3)c1. The van der Waals surface area contributed by atoms with Crippen molar-refractivity contribution >= 4 is 11.6 Å². The van der Waals surface area contributed by atoms with Gasteiger partial charge in [0.2, 0.25) is 5.91 Å². The van der Waals surface area contributed by atoms with Crippen molar-refractivity contribution in [2.45, 2.75) is 6.54 Å². The number of pyridine rings is 1. The summed E-state index contributed by atoms with van der Waals surface area (Å²) in [4.78, 5) is 20.6. The lowest BCUT2D eigenvalue weighted by Gasteiger charge is -2.11. The first-order chi connectivity index (χ1) is 11.7. The van der Waals surface area contributed by atoms with Gasteiger partial charge >= 0.3 is 0 Å². The number of carbonyl (C=O) groups excluding carboxylic acids is 1. The van der Waals surface area contributed by atoms with E-state index in [1.807, 2.05) is 54.6 Å². The van der Waals surface area contributed by atoms with E-state index < -0.39 is 5.91 Å². The molecule has 0 atom stereocenters. The van der Waals surface area contributed by atoms with Gasteiger partial charge in [0, 0.05) is 22.9 Å². The van der Waals surface area contributed by atoms with Crippen LogP contribution in [0.2, 0.25) is 0 Å². The van der Waals surface area contributed by atoms with Crippen LogP contribution >= 0.6 is 0 Å². The third kappa shape index (κ3) is 2.38. The third-order valence-electron chi connectivity index (χ3n) is 4.16. The predicted octanol–water partition coefficient (Wildman–Crippen LogP) is 3.20. The molecule has 0 saturated carbocycles.